The van der Waals surface area contributed by atoms with Gasteiger partial charge < -0.3 is 14.6 Å². The SMILES string of the molecule is CCC(C)CCCCCCCCCCCCCCCCC(=O)OC[C@@H](O)COC(=O)CCCCCCCCCCCC(C)C. The van der Waals surface area contributed by atoms with Gasteiger partial charge >= 0.3 is 11.9 Å². The number of carbonyl (C=O) groups is 2. The van der Waals surface area contributed by atoms with Crippen LogP contribution in [-0.2, 0) is 19.1 Å². The third-order valence-corrected chi connectivity index (χ3v) is 9.06. The summed E-state index contributed by atoms with van der Waals surface area (Å²) >= 11 is 0. The lowest BCUT2D eigenvalue weighted by atomic mass is 9.99. The molecule has 0 aromatic heterocycles. The fraction of sp³-hybridized carbons (Fsp3) is 0.949. The second-order valence-corrected chi connectivity index (χ2v) is 14.1. The molecule has 0 fully saturated rings. The zero-order valence-corrected chi connectivity index (χ0v) is 30.0. The predicted octanol–water partition coefficient (Wildman–Crippen LogP) is 11.7. The van der Waals surface area contributed by atoms with E-state index in [1.54, 1.807) is 0 Å². The Morgan fingerprint density at radius 3 is 1.09 bits per heavy atom. The molecule has 0 heterocycles. The highest BCUT2D eigenvalue weighted by Crippen LogP contribution is 2.17. The molecular formula is C39H76O5. The van der Waals surface area contributed by atoms with Gasteiger partial charge in [0, 0.05) is 12.8 Å². The van der Waals surface area contributed by atoms with Crippen molar-refractivity contribution in [3.8, 4) is 0 Å². The van der Waals surface area contributed by atoms with Gasteiger partial charge in [-0.15, -0.1) is 0 Å². The van der Waals surface area contributed by atoms with Gasteiger partial charge in [0.25, 0.3) is 0 Å². The Hall–Kier alpha value is -1.10. The summed E-state index contributed by atoms with van der Waals surface area (Å²) in [7, 11) is 0. The maximum Gasteiger partial charge on any atom is 0.305 e. The van der Waals surface area contributed by atoms with E-state index >= 15 is 0 Å². The minimum absolute atomic E-state index is 0.109. The van der Waals surface area contributed by atoms with E-state index < -0.39 is 6.10 Å². The molecule has 0 spiro atoms. The molecule has 0 saturated heterocycles. The summed E-state index contributed by atoms with van der Waals surface area (Å²) < 4.78 is 10.3. The Morgan fingerprint density at radius 2 is 0.773 bits per heavy atom. The molecule has 0 amide bonds. The van der Waals surface area contributed by atoms with Crippen molar-refractivity contribution in [2.75, 3.05) is 13.2 Å². The lowest BCUT2D eigenvalue weighted by molar-refractivity contribution is -0.152. The topological polar surface area (TPSA) is 72.8 Å². The first-order chi connectivity index (χ1) is 21.3. The molecule has 0 bridgehead atoms. The summed E-state index contributed by atoms with van der Waals surface area (Å²) in [6.07, 6.45) is 32.9. The van der Waals surface area contributed by atoms with Crippen molar-refractivity contribution in [1.82, 2.24) is 0 Å². The highest BCUT2D eigenvalue weighted by molar-refractivity contribution is 5.69. The van der Waals surface area contributed by atoms with Gasteiger partial charge in [-0.1, -0.05) is 182 Å². The Balaban J connectivity index is 3.39. The normalized spacial score (nSPS) is 12.9. The van der Waals surface area contributed by atoms with E-state index in [1.165, 1.54) is 135 Å². The van der Waals surface area contributed by atoms with Crippen LogP contribution in [0.5, 0.6) is 0 Å². The van der Waals surface area contributed by atoms with Gasteiger partial charge in [0.15, 0.2) is 0 Å². The molecule has 1 N–H and O–H groups in total. The maximum atomic E-state index is 12.0. The number of hydrogen-bond donors (Lipinski definition) is 1. The van der Waals surface area contributed by atoms with E-state index in [-0.39, 0.29) is 25.2 Å². The van der Waals surface area contributed by atoms with Crippen molar-refractivity contribution in [3.05, 3.63) is 0 Å². The Labute approximate surface area is 274 Å². The van der Waals surface area contributed by atoms with Crippen LogP contribution < -0.4 is 0 Å². The number of unbranched alkanes of at least 4 members (excludes halogenated alkanes) is 21. The van der Waals surface area contributed by atoms with Crippen molar-refractivity contribution in [2.45, 2.75) is 214 Å². The molecule has 0 saturated carbocycles. The quantitative estimate of drug-likeness (QED) is 0.0569. The summed E-state index contributed by atoms with van der Waals surface area (Å²) in [6, 6.07) is 0. The van der Waals surface area contributed by atoms with Crippen LogP contribution in [-0.4, -0.2) is 36.4 Å². The molecule has 0 aliphatic heterocycles. The summed E-state index contributed by atoms with van der Waals surface area (Å²) in [6.45, 7) is 9.03. The minimum Gasteiger partial charge on any atom is -0.463 e. The van der Waals surface area contributed by atoms with E-state index in [0.717, 1.165) is 43.9 Å². The van der Waals surface area contributed by atoms with Crippen molar-refractivity contribution in [2.24, 2.45) is 11.8 Å². The molecule has 44 heavy (non-hydrogen) atoms. The van der Waals surface area contributed by atoms with E-state index in [2.05, 4.69) is 27.7 Å². The Morgan fingerprint density at radius 1 is 0.477 bits per heavy atom. The van der Waals surface area contributed by atoms with Gasteiger partial charge in [-0.2, -0.15) is 0 Å². The van der Waals surface area contributed by atoms with Gasteiger partial charge in [0.05, 0.1) is 0 Å². The third kappa shape index (κ3) is 33.8. The Kier molecular flexibility index (Phi) is 32.4. The molecule has 0 aliphatic rings. The summed E-state index contributed by atoms with van der Waals surface area (Å²) in [5.41, 5.74) is 0. The van der Waals surface area contributed by atoms with Crippen LogP contribution in [0.2, 0.25) is 0 Å². The van der Waals surface area contributed by atoms with Crippen molar-refractivity contribution in [1.29, 1.82) is 0 Å². The molecule has 0 rings (SSSR count). The molecule has 5 nitrogen and oxygen atoms in total. The molecule has 0 aromatic carbocycles. The average Bonchev–Trinajstić information content (AvgIpc) is 3.00. The first-order valence-electron chi connectivity index (χ1n) is 19.3. The number of aliphatic hydroxyl groups excluding tert-OH is 1. The number of esters is 2. The lowest BCUT2D eigenvalue weighted by Gasteiger charge is -2.12. The number of carbonyl (C=O) groups excluding carboxylic acids is 2. The number of hydrogen-bond acceptors (Lipinski definition) is 5. The molecule has 2 atom stereocenters. The maximum absolute atomic E-state index is 12.0. The summed E-state index contributed by atoms with van der Waals surface area (Å²) in [5.74, 6) is 1.17. The molecular weight excluding hydrogens is 548 g/mol. The third-order valence-electron chi connectivity index (χ3n) is 9.06. The van der Waals surface area contributed by atoms with E-state index in [4.69, 9.17) is 9.47 Å². The fourth-order valence-corrected chi connectivity index (χ4v) is 5.72. The van der Waals surface area contributed by atoms with Crippen molar-refractivity contribution in [3.63, 3.8) is 0 Å². The fourth-order valence-electron chi connectivity index (χ4n) is 5.72. The van der Waals surface area contributed by atoms with Crippen LogP contribution in [0.1, 0.15) is 207 Å². The van der Waals surface area contributed by atoms with Crippen LogP contribution in [0.15, 0.2) is 0 Å². The first-order valence-corrected chi connectivity index (χ1v) is 19.3. The molecule has 1 unspecified atom stereocenters. The molecule has 0 aromatic rings. The number of rotatable bonds is 34. The van der Waals surface area contributed by atoms with Crippen LogP contribution >= 0.6 is 0 Å². The standard InChI is InChI=1S/C39H76O5/c1-5-36(4)30-26-22-18-14-10-8-6-7-9-11-15-19-23-27-31-38(41)43-33-37(40)34-44-39(42)32-28-24-20-16-12-13-17-21-25-29-35(2)3/h35-37,40H,5-34H2,1-4H3/t36?,37-/m1/s1. The highest BCUT2D eigenvalue weighted by Gasteiger charge is 2.12. The van der Waals surface area contributed by atoms with Gasteiger partial charge in [0.2, 0.25) is 0 Å². The second kappa shape index (κ2) is 33.3. The molecule has 0 radical (unpaired) electrons. The minimum atomic E-state index is -0.956. The van der Waals surface area contributed by atoms with Gasteiger partial charge in [-0.25, -0.2) is 0 Å². The smallest absolute Gasteiger partial charge is 0.305 e. The van der Waals surface area contributed by atoms with Crippen LogP contribution in [0, 0.1) is 11.8 Å². The van der Waals surface area contributed by atoms with Crippen molar-refractivity contribution >= 4 is 11.9 Å². The first kappa shape index (κ1) is 42.9. The monoisotopic (exact) mass is 625 g/mol. The van der Waals surface area contributed by atoms with Crippen LogP contribution in [0.25, 0.3) is 0 Å². The number of ether oxygens (including phenoxy) is 2. The summed E-state index contributed by atoms with van der Waals surface area (Å²) in [4.78, 5) is 23.9. The number of aliphatic hydroxyl groups is 1. The van der Waals surface area contributed by atoms with Gasteiger partial charge in [-0.3, -0.25) is 9.59 Å². The van der Waals surface area contributed by atoms with E-state index in [0.29, 0.717) is 12.8 Å². The zero-order valence-electron chi connectivity index (χ0n) is 30.0. The van der Waals surface area contributed by atoms with Gasteiger partial charge in [0.1, 0.15) is 19.3 Å². The molecule has 0 aliphatic carbocycles. The second-order valence-electron chi connectivity index (χ2n) is 14.1. The predicted molar refractivity (Wildman–Crippen MR) is 187 cm³/mol. The highest BCUT2D eigenvalue weighted by atomic mass is 16.6. The van der Waals surface area contributed by atoms with Crippen LogP contribution in [0.4, 0.5) is 0 Å². The average molecular weight is 625 g/mol. The Bertz CT molecular complexity index is 620. The molecule has 262 valence electrons. The zero-order chi connectivity index (χ0) is 32.5. The largest absolute Gasteiger partial charge is 0.463 e. The van der Waals surface area contributed by atoms with Crippen molar-refractivity contribution < 1.29 is 24.2 Å². The van der Waals surface area contributed by atoms with Gasteiger partial charge in [-0.05, 0) is 24.7 Å². The van der Waals surface area contributed by atoms with Crippen LogP contribution in [0.3, 0.4) is 0 Å². The van der Waals surface area contributed by atoms with E-state index in [1.807, 2.05) is 0 Å². The van der Waals surface area contributed by atoms with E-state index in [9.17, 15) is 14.7 Å². The molecule has 5 heteroatoms. The summed E-state index contributed by atoms with van der Waals surface area (Å²) in [5, 5.41) is 9.99. The lowest BCUT2D eigenvalue weighted by Crippen LogP contribution is -2.25.